The molecule has 0 saturated carbocycles. The maximum atomic E-state index is 11.9. The van der Waals surface area contributed by atoms with Crippen molar-refractivity contribution in [2.45, 2.75) is 11.8 Å². The lowest BCUT2D eigenvalue weighted by Gasteiger charge is -2.02. The van der Waals surface area contributed by atoms with Gasteiger partial charge in [-0.15, -0.1) is 11.3 Å². The van der Waals surface area contributed by atoms with Gasteiger partial charge >= 0.3 is 0 Å². The Hall–Kier alpha value is -1.18. The molecule has 7 heteroatoms. The highest BCUT2D eigenvalue weighted by Gasteiger charge is 2.11. The van der Waals surface area contributed by atoms with Crippen molar-refractivity contribution >= 4 is 43.5 Å². The number of rotatable bonds is 4. The fourth-order valence-electron chi connectivity index (χ4n) is 1.35. The molecule has 0 unspecified atom stereocenters. The summed E-state index contributed by atoms with van der Waals surface area (Å²) >= 11 is 4.80. The summed E-state index contributed by atoms with van der Waals surface area (Å²) in [6.45, 7) is 1.98. The van der Waals surface area contributed by atoms with Crippen molar-refractivity contribution in [3.05, 3.63) is 50.6 Å². The minimum atomic E-state index is -3.60. The molecule has 0 aliphatic carbocycles. The van der Waals surface area contributed by atoms with Crippen molar-refractivity contribution in [3.8, 4) is 0 Å². The number of nitrogens with zero attached hydrogens (tertiary/aromatic N) is 1. The van der Waals surface area contributed by atoms with Gasteiger partial charge in [0.05, 0.1) is 11.1 Å². The lowest BCUT2D eigenvalue weighted by Crippen LogP contribution is -2.18. The average Bonchev–Trinajstić information content (AvgIpc) is 2.75. The maximum Gasteiger partial charge on any atom is 0.276 e. The van der Waals surface area contributed by atoms with Crippen LogP contribution < -0.4 is 4.83 Å². The molecular formula is C12H11BrN2O2S2. The van der Waals surface area contributed by atoms with Crippen LogP contribution in [0.5, 0.6) is 0 Å². The molecule has 0 atom stereocenters. The summed E-state index contributed by atoms with van der Waals surface area (Å²) in [6, 6.07) is 10.2. The summed E-state index contributed by atoms with van der Waals surface area (Å²) in [5.74, 6) is 0. The van der Waals surface area contributed by atoms with Crippen LogP contribution in [0.4, 0.5) is 0 Å². The second kappa shape index (κ2) is 5.85. The second-order valence-electron chi connectivity index (χ2n) is 3.76. The highest BCUT2D eigenvalue weighted by molar-refractivity contribution is 9.10. The van der Waals surface area contributed by atoms with Crippen LogP contribution in [0.15, 0.2) is 50.9 Å². The van der Waals surface area contributed by atoms with E-state index in [9.17, 15) is 8.42 Å². The van der Waals surface area contributed by atoms with E-state index in [1.165, 1.54) is 18.3 Å². The molecule has 100 valence electrons. The number of sulfonamides is 1. The predicted molar refractivity (Wildman–Crippen MR) is 81.1 cm³/mol. The van der Waals surface area contributed by atoms with E-state index in [0.717, 1.165) is 14.2 Å². The molecule has 0 aliphatic rings. The van der Waals surface area contributed by atoms with Crippen LogP contribution in [-0.4, -0.2) is 14.6 Å². The number of halogens is 1. The maximum absolute atomic E-state index is 11.9. The van der Waals surface area contributed by atoms with E-state index in [0.29, 0.717) is 0 Å². The largest absolute Gasteiger partial charge is 0.276 e. The van der Waals surface area contributed by atoms with E-state index in [2.05, 4.69) is 25.9 Å². The van der Waals surface area contributed by atoms with Crippen molar-refractivity contribution in [1.82, 2.24) is 4.83 Å². The Morgan fingerprint density at radius 2 is 1.89 bits per heavy atom. The van der Waals surface area contributed by atoms with Crippen LogP contribution in [-0.2, 0) is 10.0 Å². The minimum absolute atomic E-state index is 0.176. The van der Waals surface area contributed by atoms with Gasteiger partial charge in [-0.3, -0.25) is 0 Å². The first kappa shape index (κ1) is 14.2. The zero-order chi connectivity index (χ0) is 13.9. The Morgan fingerprint density at radius 1 is 1.21 bits per heavy atom. The Kier molecular flexibility index (Phi) is 4.38. The number of hydrogen-bond donors (Lipinski definition) is 1. The number of hydrogen-bond acceptors (Lipinski definition) is 4. The quantitative estimate of drug-likeness (QED) is 0.674. The fraction of sp³-hybridized carbons (Fsp3) is 0.0833. The number of hydrazone groups is 1. The van der Waals surface area contributed by atoms with Crippen LogP contribution in [0.3, 0.4) is 0 Å². The Bertz CT molecular complexity index is 691. The van der Waals surface area contributed by atoms with E-state index in [4.69, 9.17) is 0 Å². The third kappa shape index (κ3) is 3.89. The Labute approximate surface area is 124 Å². The summed E-state index contributed by atoms with van der Waals surface area (Å²) in [5.41, 5.74) is 0. The van der Waals surface area contributed by atoms with Gasteiger partial charge in [0.1, 0.15) is 0 Å². The molecule has 2 aromatic rings. The van der Waals surface area contributed by atoms with E-state index in [-0.39, 0.29) is 4.90 Å². The molecule has 19 heavy (non-hydrogen) atoms. The summed E-state index contributed by atoms with van der Waals surface area (Å²) in [5, 5.41) is 3.76. The van der Waals surface area contributed by atoms with E-state index < -0.39 is 10.0 Å². The molecule has 0 saturated heterocycles. The summed E-state index contributed by atoms with van der Waals surface area (Å²) < 4.78 is 24.6. The monoisotopic (exact) mass is 358 g/mol. The normalized spacial score (nSPS) is 11.9. The summed E-state index contributed by atoms with van der Waals surface area (Å²) in [6.07, 6.45) is 1.49. The number of thiophene rings is 1. The lowest BCUT2D eigenvalue weighted by atomic mass is 10.4. The third-order valence-corrected chi connectivity index (χ3v) is 4.95. The van der Waals surface area contributed by atoms with Crippen molar-refractivity contribution in [2.75, 3.05) is 0 Å². The lowest BCUT2D eigenvalue weighted by molar-refractivity contribution is 0.584. The van der Waals surface area contributed by atoms with E-state index in [1.54, 1.807) is 23.5 Å². The van der Waals surface area contributed by atoms with Crippen molar-refractivity contribution in [3.63, 3.8) is 0 Å². The van der Waals surface area contributed by atoms with Crippen molar-refractivity contribution in [1.29, 1.82) is 0 Å². The molecule has 1 aromatic carbocycles. The van der Waals surface area contributed by atoms with E-state index in [1.807, 2.05) is 19.1 Å². The Morgan fingerprint density at radius 3 is 2.47 bits per heavy atom. The molecule has 1 N–H and O–H groups in total. The first-order valence-electron chi connectivity index (χ1n) is 5.34. The fourth-order valence-corrected chi connectivity index (χ4v) is 3.15. The molecule has 0 amide bonds. The average molecular weight is 359 g/mol. The molecule has 4 nitrogen and oxygen atoms in total. The Balaban J connectivity index is 2.09. The highest BCUT2D eigenvalue weighted by Crippen LogP contribution is 2.15. The van der Waals surface area contributed by atoms with Crippen LogP contribution in [0.25, 0.3) is 0 Å². The molecule has 0 spiro atoms. The zero-order valence-electron chi connectivity index (χ0n) is 10.00. The zero-order valence-corrected chi connectivity index (χ0v) is 13.2. The number of nitrogens with one attached hydrogen (secondary N) is 1. The standard InChI is InChI=1S/C12H11BrN2O2S2/c1-9-2-5-11(18-9)8-14-15-19(16,17)12-6-3-10(13)4-7-12/h2-8,15H,1H3. The van der Waals surface area contributed by atoms with Gasteiger partial charge in [0.2, 0.25) is 0 Å². The van der Waals surface area contributed by atoms with Gasteiger partial charge in [0.25, 0.3) is 10.0 Å². The van der Waals surface area contributed by atoms with E-state index >= 15 is 0 Å². The third-order valence-electron chi connectivity index (χ3n) is 2.25. The van der Waals surface area contributed by atoms with Gasteiger partial charge in [-0.25, -0.2) is 4.83 Å². The smallest absolute Gasteiger partial charge is 0.200 e. The van der Waals surface area contributed by atoms with Crippen molar-refractivity contribution in [2.24, 2.45) is 5.10 Å². The molecule has 1 heterocycles. The molecule has 0 aliphatic heterocycles. The molecule has 1 aromatic heterocycles. The van der Waals surface area contributed by atoms with Gasteiger partial charge in [0, 0.05) is 14.2 Å². The van der Waals surface area contributed by atoms with Crippen LogP contribution in [0.1, 0.15) is 9.75 Å². The predicted octanol–water partition coefficient (Wildman–Crippen LogP) is 3.13. The molecular weight excluding hydrogens is 348 g/mol. The number of benzene rings is 1. The molecule has 0 bridgehead atoms. The van der Waals surface area contributed by atoms with Crippen molar-refractivity contribution < 1.29 is 8.42 Å². The first-order valence-corrected chi connectivity index (χ1v) is 8.43. The van der Waals surface area contributed by atoms with Gasteiger partial charge in [-0.05, 0) is 43.3 Å². The SMILES string of the molecule is Cc1ccc(C=NNS(=O)(=O)c2ccc(Br)cc2)s1. The summed E-state index contributed by atoms with van der Waals surface area (Å²) in [4.78, 5) is 4.41. The molecule has 0 fully saturated rings. The van der Waals surface area contributed by atoms with Crippen LogP contribution in [0.2, 0.25) is 0 Å². The topological polar surface area (TPSA) is 58.5 Å². The molecule has 0 radical (unpaired) electrons. The van der Waals surface area contributed by atoms with Crippen LogP contribution >= 0.6 is 27.3 Å². The first-order chi connectivity index (χ1) is 8.97. The van der Waals surface area contributed by atoms with Gasteiger partial charge in [-0.2, -0.15) is 13.5 Å². The summed E-state index contributed by atoms with van der Waals surface area (Å²) in [7, 11) is -3.60. The van der Waals surface area contributed by atoms with Crippen LogP contribution in [0, 0.1) is 6.92 Å². The number of aryl methyl sites for hydroxylation is 1. The van der Waals surface area contributed by atoms with Gasteiger partial charge in [0.15, 0.2) is 0 Å². The molecule has 2 rings (SSSR count). The second-order valence-corrected chi connectivity index (χ2v) is 7.65. The minimum Gasteiger partial charge on any atom is -0.200 e. The highest BCUT2D eigenvalue weighted by atomic mass is 79.9. The van der Waals surface area contributed by atoms with Gasteiger partial charge < -0.3 is 0 Å². The van der Waals surface area contributed by atoms with Gasteiger partial charge in [-0.1, -0.05) is 15.9 Å².